The first kappa shape index (κ1) is 21.5. The Labute approximate surface area is 178 Å². The third-order valence-electron chi connectivity index (χ3n) is 5.85. The number of alkyl halides is 3. The topological polar surface area (TPSA) is 54.0 Å². The van der Waals surface area contributed by atoms with E-state index in [1.54, 1.807) is 24.3 Å². The molecule has 5 nitrogen and oxygen atoms in total. The average Bonchev–Trinajstić information content (AvgIpc) is 3.32. The molecule has 0 radical (unpaired) electrons. The van der Waals surface area contributed by atoms with Crippen LogP contribution in [-0.4, -0.2) is 33.0 Å². The highest BCUT2D eigenvalue weighted by Gasteiger charge is 2.43. The fraction of sp³-hybridized carbons (Fsp3) is 0.435. The molecule has 0 bridgehead atoms. The fourth-order valence-electron chi connectivity index (χ4n) is 4.40. The molecule has 8 heteroatoms. The molecule has 2 aliphatic rings. The van der Waals surface area contributed by atoms with Crippen molar-refractivity contribution in [1.82, 2.24) is 0 Å². The summed E-state index contributed by atoms with van der Waals surface area (Å²) in [7, 11) is 2.42. The van der Waals surface area contributed by atoms with Gasteiger partial charge in [0.2, 0.25) is 0 Å². The fourth-order valence-corrected chi connectivity index (χ4v) is 4.40. The summed E-state index contributed by atoms with van der Waals surface area (Å²) in [5, 5.41) is 0. The summed E-state index contributed by atoms with van der Waals surface area (Å²) < 4.78 is 61.5. The average molecular weight is 436 g/mol. The Morgan fingerprint density at radius 3 is 2.71 bits per heavy atom. The Kier molecular flexibility index (Phi) is 5.83. The van der Waals surface area contributed by atoms with Crippen molar-refractivity contribution < 1.29 is 36.9 Å². The number of fused-ring (bicyclic) bond motifs is 2. The van der Waals surface area contributed by atoms with Crippen LogP contribution in [0.3, 0.4) is 0 Å². The van der Waals surface area contributed by atoms with Crippen molar-refractivity contribution in [2.75, 3.05) is 20.8 Å². The summed E-state index contributed by atoms with van der Waals surface area (Å²) in [6.45, 7) is 0.388. The minimum absolute atomic E-state index is 0.0698. The van der Waals surface area contributed by atoms with Gasteiger partial charge >= 0.3 is 12.1 Å². The van der Waals surface area contributed by atoms with Crippen molar-refractivity contribution in [2.45, 2.75) is 43.6 Å². The van der Waals surface area contributed by atoms with E-state index in [0.29, 0.717) is 36.5 Å². The molecule has 3 atom stereocenters. The maximum Gasteiger partial charge on any atom is 0.418 e. The number of esters is 1. The standard InChI is InChI=1S/C23H23F3O5/c1-28-21(27)10-13-12-30-20-11-14(6-7-15(13)20)31-19-9-8-16-17(19)4-3-5-18(16)22(29-2)23(24,25)26/h3-7,11,13,19,22H,8-10,12H2,1-2H3/t13?,19-,22+/m1/s1. The Balaban J connectivity index is 1.53. The third-order valence-corrected chi connectivity index (χ3v) is 5.85. The summed E-state index contributed by atoms with van der Waals surface area (Å²) in [6, 6.07) is 10.3. The molecular formula is C23H23F3O5. The summed E-state index contributed by atoms with van der Waals surface area (Å²) in [5.41, 5.74) is 2.43. The first-order valence-corrected chi connectivity index (χ1v) is 10.0. The molecule has 31 heavy (non-hydrogen) atoms. The molecule has 4 rings (SSSR count). The monoisotopic (exact) mass is 436 g/mol. The normalized spacial score (nSPS) is 20.5. The zero-order valence-corrected chi connectivity index (χ0v) is 17.2. The number of benzene rings is 2. The highest BCUT2D eigenvalue weighted by molar-refractivity contribution is 5.71. The second-order valence-electron chi connectivity index (χ2n) is 7.71. The number of hydrogen-bond donors (Lipinski definition) is 0. The van der Waals surface area contributed by atoms with Crippen molar-refractivity contribution in [2.24, 2.45) is 0 Å². The van der Waals surface area contributed by atoms with Gasteiger partial charge < -0.3 is 18.9 Å². The smallest absolute Gasteiger partial charge is 0.418 e. The Morgan fingerprint density at radius 1 is 1.19 bits per heavy atom. The number of carbonyl (C=O) groups excluding carboxylic acids is 1. The van der Waals surface area contributed by atoms with Crippen molar-refractivity contribution >= 4 is 5.97 Å². The number of rotatable bonds is 6. The minimum Gasteiger partial charge on any atom is -0.492 e. The van der Waals surface area contributed by atoms with E-state index in [4.69, 9.17) is 18.9 Å². The van der Waals surface area contributed by atoms with Crippen LogP contribution < -0.4 is 9.47 Å². The van der Waals surface area contributed by atoms with E-state index < -0.39 is 12.3 Å². The first-order valence-electron chi connectivity index (χ1n) is 10.0. The van der Waals surface area contributed by atoms with Gasteiger partial charge in [-0.1, -0.05) is 24.3 Å². The molecule has 0 spiro atoms. The van der Waals surface area contributed by atoms with Gasteiger partial charge in [-0.2, -0.15) is 13.2 Å². The molecule has 1 heterocycles. The van der Waals surface area contributed by atoms with Gasteiger partial charge in [-0.3, -0.25) is 4.79 Å². The Bertz CT molecular complexity index is 972. The lowest BCUT2D eigenvalue weighted by Gasteiger charge is -2.22. The van der Waals surface area contributed by atoms with Gasteiger partial charge in [0.05, 0.1) is 20.1 Å². The van der Waals surface area contributed by atoms with E-state index in [1.165, 1.54) is 13.2 Å². The van der Waals surface area contributed by atoms with Gasteiger partial charge in [0.1, 0.15) is 17.6 Å². The molecule has 1 aliphatic carbocycles. The molecule has 0 fully saturated rings. The van der Waals surface area contributed by atoms with Crippen LogP contribution in [-0.2, 0) is 20.7 Å². The summed E-state index contributed by atoms with van der Waals surface area (Å²) >= 11 is 0. The van der Waals surface area contributed by atoms with Crippen LogP contribution in [0.5, 0.6) is 11.5 Å². The van der Waals surface area contributed by atoms with Crippen molar-refractivity contribution in [3.05, 3.63) is 58.7 Å². The molecule has 0 N–H and O–H groups in total. The highest BCUT2D eigenvalue weighted by atomic mass is 19.4. The van der Waals surface area contributed by atoms with E-state index >= 15 is 0 Å². The summed E-state index contributed by atoms with van der Waals surface area (Å²) in [5.74, 6) is 0.850. The van der Waals surface area contributed by atoms with Crippen LogP contribution in [0.2, 0.25) is 0 Å². The molecule has 0 saturated heterocycles. The van der Waals surface area contributed by atoms with Crippen LogP contribution >= 0.6 is 0 Å². The van der Waals surface area contributed by atoms with Gasteiger partial charge in [-0.05, 0) is 35.6 Å². The van der Waals surface area contributed by atoms with E-state index in [9.17, 15) is 18.0 Å². The summed E-state index contributed by atoms with van der Waals surface area (Å²) in [6.07, 6.45) is -5.51. The van der Waals surface area contributed by atoms with Gasteiger partial charge in [0.25, 0.3) is 0 Å². The van der Waals surface area contributed by atoms with Gasteiger partial charge in [0, 0.05) is 24.7 Å². The van der Waals surface area contributed by atoms with Gasteiger partial charge in [-0.25, -0.2) is 0 Å². The van der Waals surface area contributed by atoms with E-state index in [-0.39, 0.29) is 30.0 Å². The van der Waals surface area contributed by atoms with E-state index in [1.807, 2.05) is 6.07 Å². The molecule has 1 unspecified atom stereocenters. The maximum atomic E-state index is 13.4. The molecule has 2 aromatic carbocycles. The molecular weight excluding hydrogens is 413 g/mol. The molecule has 0 saturated carbocycles. The quantitative estimate of drug-likeness (QED) is 0.594. The summed E-state index contributed by atoms with van der Waals surface area (Å²) in [4.78, 5) is 11.6. The Hall–Kier alpha value is -2.74. The largest absolute Gasteiger partial charge is 0.492 e. The lowest BCUT2D eigenvalue weighted by Crippen LogP contribution is -2.23. The number of hydrogen-bond acceptors (Lipinski definition) is 5. The molecule has 0 amide bonds. The van der Waals surface area contributed by atoms with Crippen LogP contribution in [0.15, 0.2) is 36.4 Å². The molecule has 2 aromatic rings. The predicted molar refractivity (Wildman–Crippen MR) is 105 cm³/mol. The first-order chi connectivity index (χ1) is 14.8. The zero-order chi connectivity index (χ0) is 22.2. The third kappa shape index (κ3) is 4.21. The number of carbonyl (C=O) groups is 1. The second-order valence-corrected chi connectivity index (χ2v) is 7.71. The zero-order valence-electron chi connectivity index (χ0n) is 17.2. The van der Waals surface area contributed by atoms with E-state index in [0.717, 1.165) is 18.2 Å². The number of methoxy groups -OCH3 is 2. The van der Waals surface area contributed by atoms with Crippen LogP contribution in [0.1, 0.15) is 53.2 Å². The number of halogens is 3. The van der Waals surface area contributed by atoms with Crippen molar-refractivity contribution in [1.29, 1.82) is 0 Å². The van der Waals surface area contributed by atoms with Crippen molar-refractivity contribution in [3.63, 3.8) is 0 Å². The Morgan fingerprint density at radius 2 is 2.00 bits per heavy atom. The van der Waals surface area contributed by atoms with Crippen LogP contribution in [0, 0.1) is 0 Å². The molecule has 166 valence electrons. The maximum absolute atomic E-state index is 13.4. The van der Waals surface area contributed by atoms with Crippen LogP contribution in [0.25, 0.3) is 0 Å². The molecule has 1 aliphatic heterocycles. The van der Waals surface area contributed by atoms with Crippen molar-refractivity contribution in [3.8, 4) is 11.5 Å². The lowest BCUT2D eigenvalue weighted by atomic mass is 9.97. The van der Waals surface area contributed by atoms with Crippen LogP contribution in [0.4, 0.5) is 13.2 Å². The molecule has 0 aromatic heterocycles. The predicted octanol–water partition coefficient (Wildman–Crippen LogP) is 5.04. The second kappa shape index (κ2) is 8.42. The number of ether oxygens (including phenoxy) is 4. The highest BCUT2D eigenvalue weighted by Crippen LogP contribution is 2.44. The SMILES string of the molecule is COC(=O)CC1COc2cc(O[C@@H]3CCc4c3cccc4[C@H](OC)C(F)(F)F)ccc21. The lowest BCUT2D eigenvalue weighted by molar-refractivity contribution is -0.216. The van der Waals surface area contributed by atoms with Gasteiger partial charge in [0.15, 0.2) is 6.10 Å². The minimum atomic E-state index is -4.49. The van der Waals surface area contributed by atoms with E-state index in [2.05, 4.69) is 0 Å². The van der Waals surface area contributed by atoms with Gasteiger partial charge in [-0.15, -0.1) is 0 Å².